The molecule has 0 aliphatic rings. The number of nitrogens with zero attached hydrogens (tertiary/aromatic N) is 1. The van der Waals surface area contributed by atoms with E-state index in [1.807, 2.05) is 24.3 Å². The molecule has 78 valence electrons. The first-order valence-corrected chi connectivity index (χ1v) is 4.70. The van der Waals surface area contributed by atoms with Crippen LogP contribution in [0.2, 0.25) is 0 Å². The molecule has 0 saturated carbocycles. The van der Waals surface area contributed by atoms with Crippen LogP contribution in [-0.2, 0) is 17.9 Å². The Balaban J connectivity index is 2.51. The molecular weight excluding hydrogens is 192 g/mol. The Hall–Kier alpha value is -1.81. The van der Waals surface area contributed by atoms with Crippen molar-refractivity contribution in [1.82, 2.24) is 4.57 Å². The molecule has 1 aromatic carbocycles. The number of aliphatic carboxylic acids is 1. The lowest BCUT2D eigenvalue weighted by molar-refractivity contribution is -0.137. The number of carboxylic acid groups (broad SMARTS) is 1. The van der Waals surface area contributed by atoms with Crippen LogP contribution in [0.5, 0.6) is 0 Å². The van der Waals surface area contributed by atoms with Gasteiger partial charge in [-0.15, -0.1) is 0 Å². The highest BCUT2D eigenvalue weighted by atomic mass is 16.4. The average molecular weight is 204 g/mol. The van der Waals surface area contributed by atoms with E-state index in [1.54, 1.807) is 10.8 Å². The van der Waals surface area contributed by atoms with Gasteiger partial charge in [0.05, 0.1) is 0 Å². The predicted octanol–water partition coefficient (Wildman–Crippen LogP) is 1.18. The molecule has 0 radical (unpaired) electrons. The summed E-state index contributed by atoms with van der Waals surface area (Å²) in [7, 11) is 0. The molecule has 1 aromatic heterocycles. The topological polar surface area (TPSA) is 68.2 Å². The summed E-state index contributed by atoms with van der Waals surface area (Å²) in [4.78, 5) is 10.6. The number of fused-ring (bicyclic) bond motifs is 1. The molecule has 15 heavy (non-hydrogen) atoms. The van der Waals surface area contributed by atoms with Crippen molar-refractivity contribution in [3.05, 3.63) is 36.0 Å². The molecule has 2 rings (SSSR count). The van der Waals surface area contributed by atoms with Crippen molar-refractivity contribution in [2.75, 3.05) is 0 Å². The standard InChI is InChI=1S/C11H12N2O2/c12-6-8-1-2-9-3-4-13(7-11(14)15)10(9)5-8/h1-5H,6-7,12H2,(H,14,15). The fourth-order valence-corrected chi connectivity index (χ4v) is 1.64. The zero-order valence-electron chi connectivity index (χ0n) is 8.18. The molecule has 0 spiro atoms. The highest BCUT2D eigenvalue weighted by Gasteiger charge is 2.04. The fraction of sp³-hybridized carbons (Fsp3) is 0.182. The van der Waals surface area contributed by atoms with Crippen molar-refractivity contribution in [3.63, 3.8) is 0 Å². The predicted molar refractivity (Wildman–Crippen MR) is 57.5 cm³/mol. The van der Waals surface area contributed by atoms with E-state index in [0.29, 0.717) is 6.54 Å². The first kappa shape index (κ1) is 9.73. The second kappa shape index (κ2) is 3.74. The van der Waals surface area contributed by atoms with Gasteiger partial charge in [0.25, 0.3) is 0 Å². The summed E-state index contributed by atoms with van der Waals surface area (Å²) >= 11 is 0. The van der Waals surface area contributed by atoms with Gasteiger partial charge >= 0.3 is 5.97 Å². The zero-order valence-corrected chi connectivity index (χ0v) is 8.18. The summed E-state index contributed by atoms with van der Waals surface area (Å²) in [5.41, 5.74) is 7.46. The maximum absolute atomic E-state index is 10.6. The van der Waals surface area contributed by atoms with Crippen LogP contribution >= 0.6 is 0 Å². The van der Waals surface area contributed by atoms with Gasteiger partial charge in [-0.3, -0.25) is 4.79 Å². The third-order valence-electron chi connectivity index (χ3n) is 2.38. The minimum absolute atomic E-state index is 0.0163. The van der Waals surface area contributed by atoms with Gasteiger partial charge in [0.1, 0.15) is 6.54 Å². The molecule has 0 bridgehead atoms. The Morgan fingerprint density at radius 1 is 1.40 bits per heavy atom. The van der Waals surface area contributed by atoms with E-state index < -0.39 is 5.97 Å². The Labute approximate surface area is 86.9 Å². The molecular formula is C11H12N2O2. The molecule has 4 heteroatoms. The van der Waals surface area contributed by atoms with E-state index in [9.17, 15) is 4.79 Å². The van der Waals surface area contributed by atoms with Gasteiger partial charge in [-0.1, -0.05) is 12.1 Å². The second-order valence-corrected chi connectivity index (χ2v) is 3.43. The summed E-state index contributed by atoms with van der Waals surface area (Å²) in [6.45, 7) is 0.450. The number of aromatic nitrogens is 1. The fourth-order valence-electron chi connectivity index (χ4n) is 1.64. The maximum atomic E-state index is 10.6. The van der Waals surface area contributed by atoms with Gasteiger partial charge < -0.3 is 15.4 Å². The number of rotatable bonds is 3. The largest absolute Gasteiger partial charge is 0.480 e. The Kier molecular flexibility index (Phi) is 2.43. The smallest absolute Gasteiger partial charge is 0.323 e. The summed E-state index contributed by atoms with van der Waals surface area (Å²) in [5, 5.41) is 9.76. The van der Waals surface area contributed by atoms with E-state index >= 15 is 0 Å². The third-order valence-corrected chi connectivity index (χ3v) is 2.38. The average Bonchev–Trinajstić information content (AvgIpc) is 2.60. The van der Waals surface area contributed by atoms with Crippen LogP contribution in [0.25, 0.3) is 10.9 Å². The second-order valence-electron chi connectivity index (χ2n) is 3.43. The first-order valence-electron chi connectivity index (χ1n) is 4.70. The van der Waals surface area contributed by atoms with E-state index in [2.05, 4.69) is 0 Å². The Morgan fingerprint density at radius 2 is 2.20 bits per heavy atom. The number of carbonyl (C=O) groups is 1. The molecule has 0 unspecified atom stereocenters. The van der Waals surface area contributed by atoms with Crippen LogP contribution in [0, 0.1) is 0 Å². The highest BCUT2D eigenvalue weighted by molar-refractivity contribution is 5.82. The van der Waals surface area contributed by atoms with Crippen LogP contribution in [0.3, 0.4) is 0 Å². The number of nitrogens with two attached hydrogens (primary N) is 1. The van der Waals surface area contributed by atoms with Crippen molar-refractivity contribution in [2.24, 2.45) is 5.73 Å². The van der Waals surface area contributed by atoms with E-state index in [-0.39, 0.29) is 6.54 Å². The van der Waals surface area contributed by atoms with E-state index in [0.717, 1.165) is 16.5 Å². The maximum Gasteiger partial charge on any atom is 0.323 e. The van der Waals surface area contributed by atoms with Crippen LogP contribution in [0.4, 0.5) is 0 Å². The summed E-state index contributed by atoms with van der Waals surface area (Å²) < 4.78 is 1.71. The molecule has 0 atom stereocenters. The first-order chi connectivity index (χ1) is 7.20. The molecule has 0 amide bonds. The SMILES string of the molecule is NCc1ccc2ccn(CC(=O)O)c2c1. The molecule has 0 saturated heterocycles. The van der Waals surface area contributed by atoms with Crippen molar-refractivity contribution in [2.45, 2.75) is 13.1 Å². The molecule has 0 fully saturated rings. The number of carboxylic acids is 1. The summed E-state index contributed by atoms with van der Waals surface area (Å²) in [6.07, 6.45) is 1.78. The van der Waals surface area contributed by atoms with Crippen molar-refractivity contribution in [1.29, 1.82) is 0 Å². The lowest BCUT2D eigenvalue weighted by atomic mass is 10.1. The molecule has 0 aliphatic heterocycles. The van der Waals surface area contributed by atoms with Gasteiger partial charge in [-0.2, -0.15) is 0 Å². The Bertz CT molecular complexity index is 502. The van der Waals surface area contributed by atoms with E-state index in [1.165, 1.54) is 0 Å². The quantitative estimate of drug-likeness (QED) is 0.788. The molecule has 3 N–H and O–H groups in total. The minimum atomic E-state index is -0.842. The zero-order chi connectivity index (χ0) is 10.8. The molecule has 2 aromatic rings. The summed E-state index contributed by atoms with van der Waals surface area (Å²) in [6, 6.07) is 7.74. The van der Waals surface area contributed by atoms with Gasteiger partial charge in [0.2, 0.25) is 0 Å². The van der Waals surface area contributed by atoms with E-state index in [4.69, 9.17) is 10.8 Å². The van der Waals surface area contributed by atoms with Crippen LogP contribution in [0.1, 0.15) is 5.56 Å². The van der Waals surface area contributed by atoms with Crippen molar-refractivity contribution in [3.8, 4) is 0 Å². The van der Waals surface area contributed by atoms with Crippen LogP contribution < -0.4 is 5.73 Å². The summed E-state index contributed by atoms with van der Waals surface area (Å²) in [5.74, 6) is -0.842. The van der Waals surface area contributed by atoms with Gasteiger partial charge in [0, 0.05) is 18.3 Å². The molecule has 0 aliphatic carbocycles. The normalized spacial score (nSPS) is 10.7. The van der Waals surface area contributed by atoms with Crippen molar-refractivity contribution >= 4 is 16.9 Å². The highest BCUT2D eigenvalue weighted by Crippen LogP contribution is 2.17. The molecule has 1 heterocycles. The number of hydrogen-bond acceptors (Lipinski definition) is 2. The number of benzene rings is 1. The monoisotopic (exact) mass is 204 g/mol. The Morgan fingerprint density at radius 3 is 2.87 bits per heavy atom. The minimum Gasteiger partial charge on any atom is -0.480 e. The van der Waals surface area contributed by atoms with Gasteiger partial charge in [-0.25, -0.2) is 0 Å². The van der Waals surface area contributed by atoms with Gasteiger partial charge in [0.15, 0.2) is 0 Å². The van der Waals surface area contributed by atoms with Crippen LogP contribution in [0.15, 0.2) is 30.5 Å². The van der Waals surface area contributed by atoms with Crippen molar-refractivity contribution < 1.29 is 9.90 Å². The molecule has 4 nitrogen and oxygen atoms in total. The lowest BCUT2D eigenvalue weighted by Crippen LogP contribution is -2.07. The van der Waals surface area contributed by atoms with Crippen LogP contribution in [-0.4, -0.2) is 15.6 Å². The lowest BCUT2D eigenvalue weighted by Gasteiger charge is -2.02. The third kappa shape index (κ3) is 1.85. The number of hydrogen-bond donors (Lipinski definition) is 2. The van der Waals surface area contributed by atoms with Gasteiger partial charge in [-0.05, 0) is 23.1 Å².